The standard InChI is InChI=1S/C27H44N2O6/c1-9-21-12-13-22(18-28(21)26(31)35-27(4,5)6)29(19(2)3)25(30)20-11-14-23(33-8)24(17-20)34-16-10-15-32-7/h11,14,17,19,21-22H,9-10,12-13,15-16,18H2,1-8H3/t21-,22+/m0/s1. The molecule has 2 amide bonds. The number of carbonyl (C=O) groups is 2. The molecule has 1 aromatic rings. The molecule has 0 spiro atoms. The minimum Gasteiger partial charge on any atom is -0.493 e. The van der Waals surface area contributed by atoms with Gasteiger partial charge in [-0.15, -0.1) is 0 Å². The molecule has 1 saturated heterocycles. The second-order valence-corrected chi connectivity index (χ2v) is 10.3. The fourth-order valence-corrected chi connectivity index (χ4v) is 4.48. The van der Waals surface area contributed by atoms with Gasteiger partial charge < -0.3 is 28.7 Å². The molecule has 1 aliphatic rings. The van der Waals surface area contributed by atoms with E-state index in [9.17, 15) is 9.59 Å². The first-order valence-corrected chi connectivity index (χ1v) is 12.6. The van der Waals surface area contributed by atoms with Crippen LogP contribution < -0.4 is 9.47 Å². The predicted octanol–water partition coefficient (Wildman–Crippen LogP) is 5.14. The lowest BCUT2D eigenvalue weighted by Gasteiger charge is -2.45. The highest BCUT2D eigenvalue weighted by Crippen LogP contribution is 2.31. The third-order valence-electron chi connectivity index (χ3n) is 6.13. The average Bonchev–Trinajstić information content (AvgIpc) is 2.80. The molecule has 35 heavy (non-hydrogen) atoms. The van der Waals surface area contributed by atoms with Gasteiger partial charge in [0.15, 0.2) is 11.5 Å². The molecule has 0 saturated carbocycles. The van der Waals surface area contributed by atoms with Gasteiger partial charge in [-0.05, 0) is 72.1 Å². The van der Waals surface area contributed by atoms with Crippen LogP contribution in [0.4, 0.5) is 4.79 Å². The van der Waals surface area contributed by atoms with Crippen molar-refractivity contribution >= 4 is 12.0 Å². The SMILES string of the molecule is CC[C@H]1CC[C@@H](N(C(=O)c2ccc(OC)c(OCCCOC)c2)C(C)C)CN1C(=O)OC(C)(C)C. The Kier molecular flexibility index (Phi) is 10.7. The molecule has 8 heteroatoms. The van der Waals surface area contributed by atoms with Gasteiger partial charge in [-0.25, -0.2) is 4.79 Å². The summed E-state index contributed by atoms with van der Waals surface area (Å²) in [5, 5.41) is 0. The molecule has 0 aliphatic carbocycles. The van der Waals surface area contributed by atoms with Crippen molar-refractivity contribution in [3.63, 3.8) is 0 Å². The molecule has 0 N–H and O–H groups in total. The molecule has 1 fully saturated rings. The number of hydrogen-bond donors (Lipinski definition) is 0. The van der Waals surface area contributed by atoms with Crippen LogP contribution in [-0.2, 0) is 9.47 Å². The average molecular weight is 493 g/mol. The second kappa shape index (κ2) is 13.0. The van der Waals surface area contributed by atoms with E-state index in [2.05, 4.69) is 6.92 Å². The zero-order valence-electron chi connectivity index (χ0n) is 22.8. The van der Waals surface area contributed by atoms with Crippen LogP contribution in [0.5, 0.6) is 11.5 Å². The van der Waals surface area contributed by atoms with Gasteiger partial charge in [0.05, 0.1) is 19.8 Å². The summed E-state index contributed by atoms with van der Waals surface area (Å²) < 4.78 is 22.1. The molecule has 0 bridgehead atoms. The maximum Gasteiger partial charge on any atom is 0.410 e. The fourth-order valence-electron chi connectivity index (χ4n) is 4.48. The van der Waals surface area contributed by atoms with Gasteiger partial charge in [0.1, 0.15) is 5.60 Å². The van der Waals surface area contributed by atoms with Crippen molar-refractivity contribution in [2.24, 2.45) is 0 Å². The molecule has 0 unspecified atom stereocenters. The Labute approximate surface area is 210 Å². The van der Waals surface area contributed by atoms with Crippen LogP contribution in [0.25, 0.3) is 0 Å². The maximum absolute atomic E-state index is 13.7. The monoisotopic (exact) mass is 492 g/mol. The molecule has 8 nitrogen and oxygen atoms in total. The van der Waals surface area contributed by atoms with E-state index < -0.39 is 5.60 Å². The number of nitrogens with zero attached hydrogens (tertiary/aromatic N) is 2. The molecular formula is C27H44N2O6. The molecule has 1 heterocycles. The lowest BCUT2D eigenvalue weighted by molar-refractivity contribution is -0.00727. The summed E-state index contributed by atoms with van der Waals surface area (Å²) in [7, 11) is 3.23. The van der Waals surface area contributed by atoms with Crippen molar-refractivity contribution in [2.45, 2.75) is 91.0 Å². The van der Waals surface area contributed by atoms with Crippen molar-refractivity contribution in [2.75, 3.05) is 34.0 Å². The smallest absolute Gasteiger partial charge is 0.410 e. The summed E-state index contributed by atoms with van der Waals surface area (Å²) in [5.41, 5.74) is -0.0406. The van der Waals surface area contributed by atoms with Crippen LogP contribution in [0.2, 0.25) is 0 Å². The van der Waals surface area contributed by atoms with E-state index in [0.29, 0.717) is 36.8 Å². The van der Waals surface area contributed by atoms with Gasteiger partial charge in [-0.2, -0.15) is 0 Å². The Hall–Kier alpha value is -2.48. The number of methoxy groups -OCH3 is 2. The van der Waals surface area contributed by atoms with Crippen LogP contribution in [0, 0.1) is 0 Å². The Morgan fingerprint density at radius 3 is 2.40 bits per heavy atom. The first-order chi connectivity index (χ1) is 16.5. The number of amides is 2. The summed E-state index contributed by atoms with van der Waals surface area (Å²) in [6, 6.07) is 5.23. The lowest BCUT2D eigenvalue weighted by Crippen LogP contribution is -2.57. The van der Waals surface area contributed by atoms with Crippen molar-refractivity contribution in [3.8, 4) is 11.5 Å². The van der Waals surface area contributed by atoms with Crippen LogP contribution in [-0.4, -0.2) is 79.5 Å². The number of rotatable bonds is 10. The zero-order chi connectivity index (χ0) is 26.2. The highest BCUT2D eigenvalue weighted by Gasteiger charge is 2.38. The Morgan fingerprint density at radius 2 is 1.83 bits per heavy atom. The van der Waals surface area contributed by atoms with Crippen molar-refractivity contribution in [1.82, 2.24) is 9.80 Å². The number of ether oxygens (including phenoxy) is 4. The van der Waals surface area contributed by atoms with E-state index in [-0.39, 0.29) is 30.1 Å². The van der Waals surface area contributed by atoms with Crippen molar-refractivity contribution < 1.29 is 28.5 Å². The number of benzene rings is 1. The highest BCUT2D eigenvalue weighted by atomic mass is 16.6. The third-order valence-corrected chi connectivity index (χ3v) is 6.13. The molecule has 2 rings (SSSR count). The quantitative estimate of drug-likeness (QED) is 0.421. The van der Waals surface area contributed by atoms with Crippen LogP contribution >= 0.6 is 0 Å². The highest BCUT2D eigenvalue weighted by molar-refractivity contribution is 5.95. The minimum atomic E-state index is -0.571. The normalized spacial score (nSPS) is 18.4. The maximum atomic E-state index is 13.7. The fraction of sp³-hybridized carbons (Fsp3) is 0.704. The van der Waals surface area contributed by atoms with E-state index in [0.717, 1.165) is 25.7 Å². The topological polar surface area (TPSA) is 77.5 Å². The zero-order valence-corrected chi connectivity index (χ0v) is 22.8. The summed E-state index contributed by atoms with van der Waals surface area (Å²) >= 11 is 0. The third kappa shape index (κ3) is 8.02. The van der Waals surface area contributed by atoms with Gasteiger partial charge in [0, 0.05) is 44.3 Å². The summed E-state index contributed by atoms with van der Waals surface area (Å²) in [5.74, 6) is 1.02. The first kappa shape index (κ1) is 28.8. The minimum absolute atomic E-state index is 0.0423. The van der Waals surface area contributed by atoms with Gasteiger partial charge in [0.2, 0.25) is 0 Å². The van der Waals surface area contributed by atoms with Crippen molar-refractivity contribution in [1.29, 1.82) is 0 Å². The molecular weight excluding hydrogens is 448 g/mol. The molecule has 2 atom stereocenters. The molecule has 198 valence electrons. The number of likely N-dealkylation sites (tertiary alicyclic amines) is 1. The Balaban J connectivity index is 2.26. The first-order valence-electron chi connectivity index (χ1n) is 12.6. The largest absolute Gasteiger partial charge is 0.493 e. The summed E-state index contributed by atoms with van der Waals surface area (Å²) in [6.45, 7) is 13.2. The van der Waals surface area contributed by atoms with Gasteiger partial charge >= 0.3 is 6.09 Å². The van der Waals surface area contributed by atoms with Gasteiger partial charge in [-0.1, -0.05) is 6.92 Å². The second-order valence-electron chi connectivity index (χ2n) is 10.3. The molecule has 0 radical (unpaired) electrons. The van der Waals surface area contributed by atoms with Crippen molar-refractivity contribution in [3.05, 3.63) is 23.8 Å². The predicted molar refractivity (Wildman–Crippen MR) is 136 cm³/mol. The van der Waals surface area contributed by atoms with E-state index in [1.807, 2.05) is 39.5 Å². The number of carbonyl (C=O) groups excluding carboxylic acids is 2. The summed E-state index contributed by atoms with van der Waals surface area (Å²) in [4.78, 5) is 30.4. The van der Waals surface area contributed by atoms with E-state index in [1.165, 1.54) is 0 Å². The van der Waals surface area contributed by atoms with E-state index in [4.69, 9.17) is 18.9 Å². The van der Waals surface area contributed by atoms with Crippen LogP contribution in [0.3, 0.4) is 0 Å². The van der Waals surface area contributed by atoms with Crippen LogP contribution in [0.15, 0.2) is 18.2 Å². The van der Waals surface area contributed by atoms with Gasteiger partial charge in [-0.3, -0.25) is 4.79 Å². The molecule has 0 aromatic heterocycles. The van der Waals surface area contributed by atoms with Gasteiger partial charge in [0.25, 0.3) is 5.91 Å². The van der Waals surface area contributed by atoms with E-state index >= 15 is 0 Å². The Morgan fingerprint density at radius 1 is 1.11 bits per heavy atom. The Bertz CT molecular complexity index is 835. The molecule has 1 aromatic carbocycles. The van der Waals surface area contributed by atoms with Crippen LogP contribution in [0.1, 0.15) is 77.6 Å². The number of hydrogen-bond acceptors (Lipinski definition) is 6. The van der Waals surface area contributed by atoms with E-state index in [1.54, 1.807) is 37.3 Å². The summed E-state index contributed by atoms with van der Waals surface area (Å²) in [6.07, 6.45) is 2.92. The lowest BCUT2D eigenvalue weighted by atomic mass is 9.94. The molecule has 1 aliphatic heterocycles. The number of piperidine rings is 1.